The summed E-state index contributed by atoms with van der Waals surface area (Å²) >= 11 is 0. The third-order valence-electron chi connectivity index (χ3n) is 3.44. The van der Waals surface area contributed by atoms with Crippen LogP contribution in [0.3, 0.4) is 0 Å². The summed E-state index contributed by atoms with van der Waals surface area (Å²) in [7, 11) is 1.99. The van der Waals surface area contributed by atoms with Crippen LogP contribution in [0.15, 0.2) is 70.8 Å². The summed E-state index contributed by atoms with van der Waals surface area (Å²) in [4.78, 5) is 4.31. The van der Waals surface area contributed by atoms with Crippen molar-refractivity contribution in [2.75, 3.05) is 25.0 Å². The quantitative estimate of drug-likeness (QED) is 0.606. The Hall–Kier alpha value is -1.40. The molecule has 0 unspecified atom stereocenters. The number of rotatable bonds is 5. The van der Waals surface area contributed by atoms with Crippen LogP contribution in [0.5, 0.6) is 0 Å². The maximum absolute atomic E-state index is 4.23. The van der Waals surface area contributed by atoms with Crippen molar-refractivity contribution in [1.82, 2.24) is 4.90 Å². The van der Waals surface area contributed by atoms with Gasteiger partial charge in [0.05, 0.1) is 17.6 Å². The first-order chi connectivity index (χ1) is 10.2. The van der Waals surface area contributed by atoms with Crippen LogP contribution in [0.1, 0.15) is 13.8 Å². The molecule has 6 heteroatoms. The summed E-state index contributed by atoms with van der Waals surface area (Å²) in [6.07, 6.45) is 9.72. The summed E-state index contributed by atoms with van der Waals surface area (Å²) in [5, 5.41) is 8.39. The second kappa shape index (κ2) is 11.2. The minimum absolute atomic E-state index is 0. The minimum atomic E-state index is 0. The van der Waals surface area contributed by atoms with E-state index in [9.17, 15) is 0 Å². The molecule has 1 N–H and O–H groups in total. The van der Waals surface area contributed by atoms with Gasteiger partial charge in [0.15, 0.2) is 0 Å². The smallest absolute Gasteiger partial charge is 0.870 e. The van der Waals surface area contributed by atoms with Crippen LogP contribution in [-0.4, -0.2) is 30.5 Å². The summed E-state index contributed by atoms with van der Waals surface area (Å²) in [5.74, 6) is 0. The van der Waals surface area contributed by atoms with Crippen molar-refractivity contribution in [1.29, 1.82) is 0 Å². The first-order valence-corrected chi connectivity index (χ1v) is 7.28. The molecular weight excluding hydrogens is 299 g/mol. The minimum Gasteiger partial charge on any atom is -0.870 e. The average molecular weight is 322 g/mol. The molecule has 0 radical (unpaired) electrons. The molecule has 1 aliphatic heterocycles. The average Bonchev–Trinajstić information content (AvgIpc) is 2.52. The van der Waals surface area contributed by atoms with Gasteiger partial charge >= 0.3 is 29.6 Å². The summed E-state index contributed by atoms with van der Waals surface area (Å²) in [6, 6.07) is 8.17. The zero-order valence-corrected chi connectivity index (χ0v) is 16.3. The Morgan fingerprint density at radius 2 is 1.74 bits per heavy atom. The number of allylic oxidation sites excluding steroid dienone is 3. The van der Waals surface area contributed by atoms with Gasteiger partial charge in [-0.15, -0.1) is 0 Å². The van der Waals surface area contributed by atoms with Crippen LogP contribution in [0.2, 0.25) is 0 Å². The molecular formula is C17H23N4NaO. The largest absolute Gasteiger partial charge is 1.00 e. The van der Waals surface area contributed by atoms with Gasteiger partial charge in [0.1, 0.15) is 0 Å². The third kappa shape index (κ3) is 6.31. The molecule has 0 amide bonds. The number of benzene rings is 1. The monoisotopic (exact) mass is 322 g/mol. The SMILES string of the molecule is CCN(CC)c1ccc(N=N/C=C2\C=CC=CN2C)cc1.[Na+].[OH-]. The fourth-order valence-corrected chi connectivity index (χ4v) is 2.14. The van der Waals surface area contributed by atoms with Crippen molar-refractivity contribution in [3.05, 3.63) is 60.6 Å². The fraction of sp³-hybridized carbons (Fsp3) is 0.294. The molecule has 0 bridgehead atoms. The van der Waals surface area contributed by atoms with Gasteiger partial charge in [0.25, 0.3) is 0 Å². The van der Waals surface area contributed by atoms with Crippen molar-refractivity contribution < 1.29 is 35.0 Å². The third-order valence-corrected chi connectivity index (χ3v) is 3.44. The van der Waals surface area contributed by atoms with Crippen LogP contribution >= 0.6 is 0 Å². The Labute approximate surface area is 160 Å². The van der Waals surface area contributed by atoms with E-state index >= 15 is 0 Å². The maximum atomic E-state index is 4.23. The molecule has 0 spiro atoms. The Morgan fingerprint density at radius 3 is 2.30 bits per heavy atom. The number of likely N-dealkylation sites (N-methyl/N-ethyl adjacent to an activating group) is 1. The van der Waals surface area contributed by atoms with E-state index in [2.05, 4.69) is 41.1 Å². The van der Waals surface area contributed by atoms with E-state index in [-0.39, 0.29) is 35.0 Å². The van der Waals surface area contributed by atoms with Crippen molar-refractivity contribution in [2.24, 2.45) is 10.2 Å². The van der Waals surface area contributed by atoms with Crippen LogP contribution in [0, 0.1) is 0 Å². The van der Waals surface area contributed by atoms with Crippen molar-refractivity contribution in [3.63, 3.8) is 0 Å². The molecule has 1 aliphatic rings. The molecule has 23 heavy (non-hydrogen) atoms. The van der Waals surface area contributed by atoms with Crippen LogP contribution in [0.25, 0.3) is 0 Å². The molecule has 0 fully saturated rings. The second-order valence-electron chi connectivity index (χ2n) is 4.77. The molecule has 0 saturated carbocycles. The van der Waals surface area contributed by atoms with E-state index in [1.54, 1.807) is 6.20 Å². The Kier molecular flexibility index (Phi) is 10.5. The van der Waals surface area contributed by atoms with E-state index in [0.29, 0.717) is 0 Å². The van der Waals surface area contributed by atoms with Gasteiger partial charge in [-0.05, 0) is 50.3 Å². The molecule has 5 nitrogen and oxygen atoms in total. The molecule has 2 rings (SSSR count). The second-order valence-corrected chi connectivity index (χ2v) is 4.77. The van der Waals surface area contributed by atoms with Gasteiger partial charge in [-0.1, -0.05) is 6.08 Å². The standard InChI is InChI=1S/C17H22N4.Na.H2O/c1-4-21(5-2)16-11-9-15(10-12-16)19-18-14-17-8-6-7-13-20(17)3;;/h6-14H,4-5H2,1-3H3;;1H2/q;+1;/p-1/b17-14+,19-18?;;. The van der Waals surface area contributed by atoms with Crippen LogP contribution < -0.4 is 34.5 Å². The van der Waals surface area contributed by atoms with Crippen LogP contribution in [-0.2, 0) is 0 Å². The summed E-state index contributed by atoms with van der Waals surface area (Å²) < 4.78 is 0. The molecule has 1 aromatic carbocycles. The Balaban J connectivity index is 0.00000242. The predicted molar refractivity (Wildman–Crippen MR) is 90.6 cm³/mol. The first-order valence-electron chi connectivity index (χ1n) is 7.28. The Bertz CT molecular complexity index is 575. The molecule has 1 heterocycles. The number of azo groups is 1. The van der Waals surface area contributed by atoms with Gasteiger partial charge < -0.3 is 15.3 Å². The van der Waals surface area contributed by atoms with Crippen molar-refractivity contribution in [2.45, 2.75) is 13.8 Å². The molecule has 1 aromatic rings. The number of anilines is 1. The van der Waals surface area contributed by atoms with E-state index in [4.69, 9.17) is 0 Å². The maximum Gasteiger partial charge on any atom is 1.00 e. The number of hydrogen-bond donors (Lipinski definition) is 0. The number of nitrogens with zero attached hydrogens (tertiary/aromatic N) is 4. The molecule has 0 saturated heterocycles. The molecule has 118 valence electrons. The summed E-state index contributed by atoms with van der Waals surface area (Å²) in [6.45, 7) is 6.34. The zero-order valence-electron chi connectivity index (χ0n) is 14.3. The predicted octanol–water partition coefficient (Wildman–Crippen LogP) is 1.30. The zero-order chi connectivity index (χ0) is 15.1. The number of hydrogen-bond acceptors (Lipinski definition) is 5. The van der Waals surface area contributed by atoms with Crippen molar-refractivity contribution in [3.8, 4) is 0 Å². The fourth-order valence-electron chi connectivity index (χ4n) is 2.14. The van der Waals surface area contributed by atoms with Gasteiger partial charge in [0, 0.05) is 32.0 Å². The van der Waals surface area contributed by atoms with E-state index < -0.39 is 0 Å². The van der Waals surface area contributed by atoms with E-state index in [0.717, 1.165) is 24.5 Å². The molecule has 0 atom stereocenters. The van der Waals surface area contributed by atoms with E-state index in [1.165, 1.54) is 5.69 Å². The van der Waals surface area contributed by atoms with Gasteiger partial charge in [0.2, 0.25) is 0 Å². The van der Waals surface area contributed by atoms with Crippen LogP contribution in [0.4, 0.5) is 11.4 Å². The topological polar surface area (TPSA) is 61.2 Å². The Morgan fingerprint density at radius 1 is 1.09 bits per heavy atom. The van der Waals surface area contributed by atoms with Gasteiger partial charge in [-0.25, -0.2) is 0 Å². The van der Waals surface area contributed by atoms with Crippen molar-refractivity contribution >= 4 is 11.4 Å². The van der Waals surface area contributed by atoms with E-state index in [1.807, 2.05) is 48.5 Å². The normalized spacial score (nSPS) is 14.7. The molecule has 0 aliphatic carbocycles. The molecule has 0 aromatic heterocycles. The summed E-state index contributed by atoms with van der Waals surface area (Å²) in [5.41, 5.74) is 3.10. The first kappa shape index (κ1) is 21.6. The van der Waals surface area contributed by atoms with Gasteiger partial charge in [-0.2, -0.15) is 10.2 Å². The van der Waals surface area contributed by atoms with Gasteiger partial charge in [-0.3, -0.25) is 0 Å².